The van der Waals surface area contributed by atoms with Crippen LogP contribution in [0.15, 0.2) is 36.5 Å². The third-order valence-corrected chi connectivity index (χ3v) is 4.49. The Hall–Kier alpha value is -1.53. The van der Waals surface area contributed by atoms with Gasteiger partial charge in [-0.15, -0.1) is 13.2 Å². The number of amides is 1. The zero-order chi connectivity index (χ0) is 16.7. The zero-order valence-electron chi connectivity index (χ0n) is 13.1. The van der Waals surface area contributed by atoms with Crippen LogP contribution in [0, 0.1) is 0 Å². The number of thioether (sulfide) groups is 1. The number of aromatic nitrogens is 2. The summed E-state index contributed by atoms with van der Waals surface area (Å²) in [7, 11) is 0. The maximum Gasteiger partial charge on any atom is 0.233 e. The van der Waals surface area contributed by atoms with E-state index in [9.17, 15) is 4.79 Å². The van der Waals surface area contributed by atoms with Gasteiger partial charge in [0.15, 0.2) is 5.16 Å². The normalized spacial score (nSPS) is 13.9. The maximum atomic E-state index is 12.1. The third kappa shape index (κ3) is 5.25. The molecule has 1 saturated heterocycles. The van der Waals surface area contributed by atoms with Gasteiger partial charge in [0.25, 0.3) is 0 Å². The molecule has 0 unspecified atom stereocenters. The van der Waals surface area contributed by atoms with E-state index in [1.54, 1.807) is 18.2 Å². The van der Waals surface area contributed by atoms with Crippen LogP contribution in [0.3, 0.4) is 0 Å². The Kier molecular flexibility index (Phi) is 6.92. The lowest BCUT2D eigenvalue weighted by molar-refractivity contribution is -0.127. The Bertz CT molecular complexity index is 565. The smallest absolute Gasteiger partial charge is 0.233 e. The highest BCUT2D eigenvalue weighted by molar-refractivity contribution is 7.99. The summed E-state index contributed by atoms with van der Waals surface area (Å²) in [5, 5.41) is 0.877. The monoisotopic (exact) mass is 352 g/mol. The zero-order valence-corrected chi connectivity index (χ0v) is 14.7. The van der Waals surface area contributed by atoms with Gasteiger partial charge in [-0.3, -0.25) is 4.79 Å². The number of halogens is 1. The number of carbonyl (C=O) groups excluding carboxylic acids is 1. The number of nitrogens with zero attached hydrogens (tertiary/aromatic N) is 4. The summed E-state index contributed by atoms with van der Waals surface area (Å²) in [6.07, 6.45) is 5.77. The lowest BCUT2D eigenvalue weighted by atomic mass is 10.4. The highest BCUT2D eigenvalue weighted by atomic mass is 35.5. The van der Waals surface area contributed by atoms with Crippen molar-refractivity contribution in [2.24, 2.45) is 0 Å². The van der Waals surface area contributed by atoms with Crippen molar-refractivity contribution in [3.8, 4) is 0 Å². The Labute approximate surface area is 146 Å². The van der Waals surface area contributed by atoms with Crippen LogP contribution >= 0.6 is 23.4 Å². The minimum atomic E-state index is 0.131. The van der Waals surface area contributed by atoms with Crippen LogP contribution in [0.4, 0.5) is 5.82 Å². The lowest BCUT2D eigenvalue weighted by Gasteiger charge is -2.21. The van der Waals surface area contributed by atoms with Crippen LogP contribution in [0.1, 0.15) is 12.8 Å². The van der Waals surface area contributed by atoms with E-state index in [0.29, 0.717) is 35.0 Å². The summed E-state index contributed by atoms with van der Waals surface area (Å²) in [5.74, 6) is 1.18. The molecule has 1 aromatic heterocycles. The Balaban J connectivity index is 2.05. The second-order valence-corrected chi connectivity index (χ2v) is 6.52. The molecule has 1 aliphatic rings. The predicted molar refractivity (Wildman–Crippen MR) is 96.2 cm³/mol. The van der Waals surface area contributed by atoms with Crippen LogP contribution in [0.2, 0.25) is 5.15 Å². The molecule has 1 fully saturated rings. The SMILES string of the molecule is C=CCN(CC=C)c1cc(Cl)nc(SCC(=O)N2CCCC2)n1. The average molecular weight is 353 g/mol. The van der Waals surface area contributed by atoms with Crippen LogP contribution in [0.25, 0.3) is 0 Å². The first-order valence-electron chi connectivity index (χ1n) is 7.56. The van der Waals surface area contributed by atoms with Crippen molar-refractivity contribution in [1.29, 1.82) is 0 Å². The predicted octanol–water partition coefficient (Wildman–Crippen LogP) is 3.02. The van der Waals surface area contributed by atoms with Gasteiger partial charge in [0.1, 0.15) is 11.0 Å². The molecule has 124 valence electrons. The van der Waals surface area contributed by atoms with Crippen molar-refractivity contribution >= 4 is 35.1 Å². The highest BCUT2D eigenvalue weighted by Crippen LogP contribution is 2.22. The molecular weight excluding hydrogens is 332 g/mol. The van der Waals surface area contributed by atoms with Gasteiger partial charge in [0.2, 0.25) is 5.91 Å². The first kappa shape index (κ1) is 17.8. The molecule has 0 spiro atoms. The minimum absolute atomic E-state index is 0.131. The van der Waals surface area contributed by atoms with Crippen molar-refractivity contribution in [2.45, 2.75) is 18.0 Å². The molecule has 2 rings (SSSR count). The van der Waals surface area contributed by atoms with E-state index in [4.69, 9.17) is 11.6 Å². The van der Waals surface area contributed by atoms with Crippen molar-refractivity contribution in [2.75, 3.05) is 36.8 Å². The second-order valence-electron chi connectivity index (χ2n) is 5.19. The molecule has 1 aliphatic heterocycles. The molecule has 1 aromatic rings. The van der Waals surface area contributed by atoms with Gasteiger partial charge in [-0.2, -0.15) is 0 Å². The van der Waals surface area contributed by atoms with Crippen molar-refractivity contribution in [3.63, 3.8) is 0 Å². The fourth-order valence-corrected chi connectivity index (χ4v) is 3.35. The van der Waals surface area contributed by atoms with Gasteiger partial charge in [0, 0.05) is 32.2 Å². The van der Waals surface area contributed by atoms with Gasteiger partial charge in [-0.25, -0.2) is 9.97 Å². The van der Waals surface area contributed by atoms with Crippen molar-refractivity contribution in [3.05, 3.63) is 36.5 Å². The quantitative estimate of drug-likeness (QED) is 0.311. The van der Waals surface area contributed by atoms with Crippen LogP contribution in [0.5, 0.6) is 0 Å². The van der Waals surface area contributed by atoms with Crippen LogP contribution in [-0.4, -0.2) is 52.7 Å². The summed E-state index contributed by atoms with van der Waals surface area (Å²) in [6, 6.07) is 1.71. The van der Waals surface area contributed by atoms with Crippen molar-refractivity contribution in [1.82, 2.24) is 14.9 Å². The van der Waals surface area contributed by atoms with Gasteiger partial charge in [0.05, 0.1) is 5.75 Å². The van der Waals surface area contributed by atoms with E-state index < -0.39 is 0 Å². The highest BCUT2D eigenvalue weighted by Gasteiger charge is 2.18. The Morgan fingerprint density at radius 3 is 2.57 bits per heavy atom. The molecular formula is C16H21ClN4OS. The van der Waals surface area contributed by atoms with E-state index in [0.717, 1.165) is 25.9 Å². The molecule has 5 nitrogen and oxygen atoms in total. The molecule has 0 saturated carbocycles. The first-order chi connectivity index (χ1) is 11.1. The molecule has 0 aliphatic carbocycles. The summed E-state index contributed by atoms with van der Waals surface area (Å²) in [4.78, 5) is 24.7. The molecule has 0 aromatic carbocycles. The largest absolute Gasteiger partial charge is 0.349 e. The topological polar surface area (TPSA) is 49.3 Å². The lowest BCUT2D eigenvalue weighted by Crippen LogP contribution is -2.29. The summed E-state index contributed by atoms with van der Waals surface area (Å²) >= 11 is 7.42. The van der Waals surface area contributed by atoms with E-state index in [1.165, 1.54) is 11.8 Å². The number of rotatable bonds is 8. The fraction of sp³-hybridized carbons (Fsp3) is 0.438. The molecule has 0 radical (unpaired) electrons. The van der Waals surface area contributed by atoms with Crippen LogP contribution < -0.4 is 4.90 Å². The van der Waals surface area contributed by atoms with Gasteiger partial charge >= 0.3 is 0 Å². The third-order valence-electron chi connectivity index (χ3n) is 3.47. The minimum Gasteiger partial charge on any atom is -0.349 e. The Morgan fingerprint density at radius 2 is 1.96 bits per heavy atom. The second kappa shape index (κ2) is 8.93. The fourth-order valence-electron chi connectivity index (χ4n) is 2.37. The summed E-state index contributed by atoms with van der Waals surface area (Å²) in [5.41, 5.74) is 0. The molecule has 0 atom stereocenters. The van der Waals surface area contributed by atoms with Gasteiger partial charge in [-0.05, 0) is 12.8 Å². The molecule has 1 amide bonds. The average Bonchev–Trinajstić information content (AvgIpc) is 3.06. The number of carbonyl (C=O) groups is 1. The molecule has 23 heavy (non-hydrogen) atoms. The van der Waals surface area contributed by atoms with E-state index in [1.807, 2.05) is 9.80 Å². The molecule has 2 heterocycles. The Morgan fingerprint density at radius 1 is 1.30 bits per heavy atom. The molecule has 0 bridgehead atoms. The summed E-state index contributed by atoms with van der Waals surface area (Å²) in [6.45, 7) is 10.5. The standard InChI is InChI=1S/C16H21ClN4OS/c1-3-7-20(8-4-2)14-11-13(17)18-16(19-14)23-12-15(22)21-9-5-6-10-21/h3-4,11H,1-2,5-10,12H2. The van der Waals surface area contributed by atoms with E-state index >= 15 is 0 Å². The summed E-state index contributed by atoms with van der Waals surface area (Å²) < 4.78 is 0. The van der Waals surface area contributed by atoms with Gasteiger partial charge in [-0.1, -0.05) is 35.5 Å². The van der Waals surface area contributed by atoms with Gasteiger partial charge < -0.3 is 9.80 Å². The number of likely N-dealkylation sites (tertiary alicyclic amines) is 1. The van der Waals surface area contributed by atoms with E-state index in [-0.39, 0.29) is 5.91 Å². The first-order valence-corrected chi connectivity index (χ1v) is 8.92. The van der Waals surface area contributed by atoms with Crippen molar-refractivity contribution < 1.29 is 4.79 Å². The number of anilines is 1. The molecule has 0 N–H and O–H groups in total. The number of hydrogen-bond donors (Lipinski definition) is 0. The molecule has 7 heteroatoms. The van der Waals surface area contributed by atoms with E-state index in [2.05, 4.69) is 23.1 Å². The number of hydrogen-bond acceptors (Lipinski definition) is 5. The van der Waals surface area contributed by atoms with Crippen LogP contribution in [-0.2, 0) is 4.79 Å². The maximum absolute atomic E-state index is 12.1.